The first-order chi connectivity index (χ1) is 13.4. The normalized spacial score (nSPS) is 27.6. The van der Waals surface area contributed by atoms with Crippen molar-refractivity contribution < 1.29 is 29.2 Å². The number of carboxylic acid groups (broad SMARTS) is 1. The van der Waals surface area contributed by atoms with Crippen LogP contribution in [0.5, 0.6) is 5.75 Å². The Kier molecular flexibility index (Phi) is 4.17. The zero-order valence-electron chi connectivity index (χ0n) is 14.4. The lowest BCUT2D eigenvalue weighted by atomic mass is 9.85. The lowest BCUT2D eigenvalue weighted by molar-refractivity contribution is -0.384. The first-order valence-corrected chi connectivity index (χ1v) is 8.60. The van der Waals surface area contributed by atoms with Gasteiger partial charge in [0.15, 0.2) is 6.61 Å². The topological polar surface area (TPSA) is 139 Å². The number of hydrazone groups is 1. The number of allylic oxidation sites excluding steroid dienone is 2. The largest absolute Gasteiger partial charge is 0.481 e. The molecule has 2 bridgehead atoms. The Labute approximate surface area is 158 Å². The zero-order chi connectivity index (χ0) is 20.0. The van der Waals surface area contributed by atoms with Crippen LogP contribution in [-0.2, 0) is 14.4 Å². The molecule has 4 unspecified atom stereocenters. The van der Waals surface area contributed by atoms with Crippen LogP contribution in [0.3, 0.4) is 0 Å². The molecular weight excluding hydrogens is 370 g/mol. The minimum absolute atomic E-state index is 0.0396. The van der Waals surface area contributed by atoms with Gasteiger partial charge in [0.2, 0.25) is 0 Å². The highest BCUT2D eigenvalue weighted by Crippen LogP contribution is 2.52. The maximum Gasteiger partial charge on any atom is 0.341 e. The molecule has 2 aliphatic carbocycles. The van der Waals surface area contributed by atoms with Gasteiger partial charge in [-0.2, -0.15) is 10.1 Å². The molecule has 28 heavy (non-hydrogen) atoms. The molecule has 3 aliphatic rings. The highest BCUT2D eigenvalue weighted by molar-refractivity contribution is 6.07. The number of nitrogens with zero attached hydrogens (tertiary/aromatic N) is 3. The molecule has 1 saturated heterocycles. The number of amides is 2. The second-order valence-corrected chi connectivity index (χ2v) is 6.89. The van der Waals surface area contributed by atoms with Crippen molar-refractivity contribution in [3.05, 3.63) is 46.0 Å². The van der Waals surface area contributed by atoms with Gasteiger partial charge in [-0.1, -0.05) is 12.2 Å². The molecule has 2 amide bonds. The number of non-ortho nitro benzene ring substituents is 1. The first kappa shape index (κ1) is 17.8. The Morgan fingerprint density at radius 1 is 1.29 bits per heavy atom. The molecule has 10 nitrogen and oxygen atoms in total. The Morgan fingerprint density at radius 2 is 1.93 bits per heavy atom. The molecule has 1 aliphatic heterocycles. The maximum absolute atomic E-state index is 12.6. The summed E-state index contributed by atoms with van der Waals surface area (Å²) in [7, 11) is 0. The Hall–Kier alpha value is -3.56. The van der Waals surface area contributed by atoms with Gasteiger partial charge in [-0.05, 0) is 24.3 Å². The van der Waals surface area contributed by atoms with Crippen LogP contribution >= 0.6 is 0 Å². The van der Waals surface area contributed by atoms with Gasteiger partial charge < -0.3 is 9.84 Å². The summed E-state index contributed by atoms with van der Waals surface area (Å²) in [6.07, 6.45) is 5.82. The second kappa shape index (κ2) is 6.55. The number of hydrogen-bond donors (Lipinski definition) is 1. The highest BCUT2D eigenvalue weighted by Gasteiger charge is 2.59. The minimum atomic E-state index is -1.22. The van der Waals surface area contributed by atoms with Crippen molar-refractivity contribution in [2.75, 3.05) is 6.61 Å². The number of aliphatic carboxylic acids is 1. The summed E-state index contributed by atoms with van der Waals surface area (Å²) in [5, 5.41) is 24.5. The zero-order valence-corrected chi connectivity index (χ0v) is 14.4. The van der Waals surface area contributed by atoms with E-state index in [2.05, 4.69) is 5.10 Å². The van der Waals surface area contributed by atoms with Crippen molar-refractivity contribution in [2.24, 2.45) is 28.8 Å². The average molecular weight is 385 g/mol. The Morgan fingerprint density at radius 3 is 2.50 bits per heavy atom. The van der Waals surface area contributed by atoms with E-state index < -0.39 is 29.3 Å². The SMILES string of the molecule is O=C(O)COc1ccc([N+](=O)[O-])cc1C=NN1C(=O)C2C3C=CC(C3)C2C1=O. The van der Waals surface area contributed by atoms with E-state index in [4.69, 9.17) is 9.84 Å². The predicted molar refractivity (Wildman–Crippen MR) is 93.4 cm³/mol. The van der Waals surface area contributed by atoms with E-state index in [-0.39, 0.29) is 40.7 Å². The van der Waals surface area contributed by atoms with Crippen molar-refractivity contribution in [1.29, 1.82) is 0 Å². The summed E-state index contributed by atoms with van der Waals surface area (Å²) in [6, 6.07) is 3.54. The standard InChI is InChI=1S/C18H15N3O7/c22-14(23)8-28-13-4-3-12(21(26)27)6-11(13)7-19-20-17(24)15-9-1-2-10(5-9)16(15)18(20)25/h1-4,6-7,9-10,15-16H,5,8H2,(H,22,23). The number of nitro benzene ring substituents is 1. The molecular formula is C18H15N3O7. The molecule has 2 fully saturated rings. The van der Waals surface area contributed by atoms with E-state index in [0.717, 1.165) is 29.8 Å². The summed E-state index contributed by atoms with van der Waals surface area (Å²) in [6.45, 7) is -0.653. The quantitative estimate of drug-likeness (QED) is 0.255. The van der Waals surface area contributed by atoms with Crippen LogP contribution in [0, 0.1) is 33.8 Å². The summed E-state index contributed by atoms with van der Waals surface area (Å²) < 4.78 is 5.11. The molecule has 144 valence electrons. The fourth-order valence-electron chi connectivity index (χ4n) is 4.14. The van der Waals surface area contributed by atoms with E-state index in [1.807, 2.05) is 12.2 Å². The molecule has 0 spiro atoms. The van der Waals surface area contributed by atoms with Gasteiger partial charge in [0.05, 0.1) is 23.0 Å². The number of nitro groups is 1. The van der Waals surface area contributed by atoms with Gasteiger partial charge in [0, 0.05) is 17.7 Å². The van der Waals surface area contributed by atoms with Gasteiger partial charge in [0.1, 0.15) is 5.75 Å². The monoisotopic (exact) mass is 385 g/mol. The fraction of sp³-hybridized carbons (Fsp3) is 0.333. The number of carbonyl (C=O) groups is 3. The van der Waals surface area contributed by atoms with Crippen LogP contribution in [0.15, 0.2) is 35.5 Å². The van der Waals surface area contributed by atoms with Crippen LogP contribution in [0.1, 0.15) is 12.0 Å². The number of rotatable bonds is 6. The number of imide groups is 1. The van der Waals surface area contributed by atoms with Crippen LogP contribution in [-0.4, -0.2) is 45.6 Å². The predicted octanol–water partition coefficient (Wildman–Crippen LogP) is 1.20. The lowest BCUT2D eigenvalue weighted by Gasteiger charge is -2.13. The van der Waals surface area contributed by atoms with Crippen molar-refractivity contribution in [3.63, 3.8) is 0 Å². The molecule has 1 aromatic carbocycles. The van der Waals surface area contributed by atoms with Gasteiger partial charge >= 0.3 is 5.97 Å². The summed E-state index contributed by atoms with van der Waals surface area (Å²) in [5.74, 6) is -2.69. The van der Waals surface area contributed by atoms with Gasteiger partial charge in [-0.15, -0.1) is 0 Å². The first-order valence-electron chi connectivity index (χ1n) is 8.60. The van der Waals surface area contributed by atoms with Crippen molar-refractivity contribution in [1.82, 2.24) is 5.01 Å². The molecule has 0 radical (unpaired) electrons. The van der Waals surface area contributed by atoms with Crippen LogP contribution in [0.2, 0.25) is 0 Å². The summed E-state index contributed by atoms with van der Waals surface area (Å²) >= 11 is 0. The van der Waals surface area contributed by atoms with Crippen LogP contribution < -0.4 is 4.74 Å². The van der Waals surface area contributed by atoms with Gasteiger partial charge in [0.25, 0.3) is 17.5 Å². The molecule has 1 heterocycles. The van der Waals surface area contributed by atoms with E-state index in [9.17, 15) is 24.5 Å². The third-order valence-corrected chi connectivity index (χ3v) is 5.31. The van der Waals surface area contributed by atoms with Crippen molar-refractivity contribution in [3.8, 4) is 5.75 Å². The maximum atomic E-state index is 12.6. The number of carboxylic acids is 1. The smallest absolute Gasteiger partial charge is 0.341 e. The molecule has 1 aromatic rings. The lowest BCUT2D eigenvalue weighted by Crippen LogP contribution is -2.28. The number of carbonyl (C=O) groups excluding carboxylic acids is 2. The number of benzene rings is 1. The molecule has 0 aromatic heterocycles. The van der Waals surface area contributed by atoms with E-state index in [0.29, 0.717) is 0 Å². The molecule has 4 rings (SSSR count). The number of hydrogen-bond acceptors (Lipinski definition) is 7. The van der Waals surface area contributed by atoms with Gasteiger partial charge in [-0.3, -0.25) is 19.7 Å². The van der Waals surface area contributed by atoms with Crippen molar-refractivity contribution >= 4 is 29.7 Å². The third kappa shape index (κ3) is 2.82. The van der Waals surface area contributed by atoms with E-state index in [1.54, 1.807) is 0 Å². The second-order valence-electron chi connectivity index (χ2n) is 6.89. The number of fused-ring (bicyclic) bond motifs is 5. The molecule has 10 heteroatoms. The Bertz CT molecular complexity index is 924. The molecule has 4 atom stereocenters. The summed E-state index contributed by atoms with van der Waals surface area (Å²) in [5.41, 5.74) is -0.170. The average Bonchev–Trinajstić information content (AvgIpc) is 3.33. The van der Waals surface area contributed by atoms with Crippen LogP contribution in [0.25, 0.3) is 0 Å². The van der Waals surface area contributed by atoms with E-state index in [1.165, 1.54) is 6.07 Å². The third-order valence-electron chi connectivity index (χ3n) is 5.31. The highest BCUT2D eigenvalue weighted by atomic mass is 16.6. The Balaban J connectivity index is 1.61. The summed E-state index contributed by atoms with van der Waals surface area (Å²) in [4.78, 5) is 46.3. The van der Waals surface area contributed by atoms with Crippen LogP contribution in [0.4, 0.5) is 5.69 Å². The molecule has 1 N–H and O–H groups in total. The van der Waals surface area contributed by atoms with Crippen molar-refractivity contribution in [2.45, 2.75) is 6.42 Å². The minimum Gasteiger partial charge on any atom is -0.481 e. The fourth-order valence-corrected chi connectivity index (χ4v) is 4.14. The molecule has 1 saturated carbocycles. The van der Waals surface area contributed by atoms with Gasteiger partial charge in [-0.25, -0.2) is 4.79 Å². The number of ether oxygens (including phenoxy) is 1. The van der Waals surface area contributed by atoms with E-state index >= 15 is 0 Å².